The number of phenols is 1. The van der Waals surface area contributed by atoms with Crippen LogP contribution >= 0.6 is 0 Å². The Morgan fingerprint density at radius 3 is 2.47 bits per heavy atom. The second kappa shape index (κ2) is 7.63. The lowest BCUT2D eigenvalue weighted by Crippen LogP contribution is -2.04. The van der Waals surface area contributed by atoms with E-state index < -0.39 is 5.97 Å². The van der Waals surface area contributed by atoms with Gasteiger partial charge in [0.05, 0.1) is 13.2 Å². The number of carboxylic acid groups (broad SMARTS) is 1. The number of rotatable bonds is 8. The molecule has 1 rings (SSSR count). The second-order valence-electron chi connectivity index (χ2n) is 4.20. The van der Waals surface area contributed by atoms with Gasteiger partial charge in [0.1, 0.15) is 5.56 Å². The number of carbonyl (C=O) groups is 1. The quantitative estimate of drug-likeness (QED) is 0.709. The predicted molar refractivity (Wildman–Crippen MR) is 70.8 cm³/mol. The van der Waals surface area contributed by atoms with Gasteiger partial charge in [0, 0.05) is 6.61 Å². The number of ether oxygens (including phenoxy) is 2. The van der Waals surface area contributed by atoms with Crippen LogP contribution in [0.5, 0.6) is 11.5 Å². The third-order valence-electron chi connectivity index (χ3n) is 2.44. The summed E-state index contributed by atoms with van der Waals surface area (Å²) in [7, 11) is 0. The normalized spacial score (nSPS) is 10.4. The van der Waals surface area contributed by atoms with Crippen LogP contribution in [0.15, 0.2) is 12.1 Å². The predicted octanol–water partition coefficient (Wildman–Crippen LogP) is 2.81. The number of hydrogen-bond donors (Lipinski definition) is 2. The molecule has 2 N–H and O–H groups in total. The zero-order chi connectivity index (χ0) is 14.3. The minimum atomic E-state index is -1.18. The van der Waals surface area contributed by atoms with E-state index in [9.17, 15) is 9.90 Å². The number of benzene rings is 1. The molecule has 0 amide bonds. The Morgan fingerprint density at radius 1 is 1.21 bits per heavy atom. The maximum atomic E-state index is 11.1. The van der Waals surface area contributed by atoms with Crippen molar-refractivity contribution in [2.45, 2.75) is 33.3 Å². The largest absolute Gasteiger partial charge is 0.504 e. The molecule has 1 aromatic rings. The van der Waals surface area contributed by atoms with Crippen LogP contribution in [0.25, 0.3) is 0 Å². The van der Waals surface area contributed by atoms with Crippen LogP contribution in [0.1, 0.15) is 42.6 Å². The van der Waals surface area contributed by atoms with Gasteiger partial charge in [0.15, 0.2) is 11.5 Å². The highest BCUT2D eigenvalue weighted by Crippen LogP contribution is 2.32. The molecular formula is C14H20O5. The SMILES string of the molecule is CCCOCc1cc(OCCC)c(O)c(C(=O)O)c1. The lowest BCUT2D eigenvalue weighted by Gasteiger charge is -2.12. The number of aromatic carboxylic acids is 1. The fourth-order valence-electron chi connectivity index (χ4n) is 1.57. The minimum absolute atomic E-state index is 0.163. The van der Waals surface area contributed by atoms with Crippen LogP contribution in [-0.2, 0) is 11.3 Å². The molecule has 106 valence electrons. The van der Waals surface area contributed by atoms with Crippen molar-refractivity contribution in [3.05, 3.63) is 23.3 Å². The van der Waals surface area contributed by atoms with Crippen molar-refractivity contribution in [1.29, 1.82) is 0 Å². The van der Waals surface area contributed by atoms with Crippen LogP contribution in [0.3, 0.4) is 0 Å². The maximum Gasteiger partial charge on any atom is 0.339 e. The summed E-state index contributed by atoms with van der Waals surface area (Å²) in [6, 6.07) is 3.03. The standard InChI is InChI=1S/C14H20O5/c1-3-5-18-9-10-7-11(14(16)17)13(15)12(8-10)19-6-4-2/h7-8,15H,3-6,9H2,1-2H3,(H,16,17). The molecular weight excluding hydrogens is 248 g/mol. The van der Waals surface area contributed by atoms with E-state index >= 15 is 0 Å². The highest BCUT2D eigenvalue weighted by molar-refractivity contribution is 5.92. The third-order valence-corrected chi connectivity index (χ3v) is 2.44. The first-order chi connectivity index (χ1) is 9.10. The van der Waals surface area contributed by atoms with Gasteiger partial charge < -0.3 is 19.7 Å². The van der Waals surface area contributed by atoms with Gasteiger partial charge in [-0.1, -0.05) is 13.8 Å². The number of hydrogen-bond acceptors (Lipinski definition) is 4. The maximum absolute atomic E-state index is 11.1. The fourth-order valence-corrected chi connectivity index (χ4v) is 1.57. The molecule has 0 heterocycles. The van der Waals surface area contributed by atoms with E-state index in [2.05, 4.69) is 0 Å². The smallest absolute Gasteiger partial charge is 0.339 e. The molecule has 19 heavy (non-hydrogen) atoms. The number of carboxylic acids is 1. The molecule has 0 spiro atoms. The van der Waals surface area contributed by atoms with Crippen molar-refractivity contribution >= 4 is 5.97 Å². The Balaban J connectivity index is 2.97. The first-order valence-corrected chi connectivity index (χ1v) is 6.39. The Bertz CT molecular complexity index is 428. The van der Waals surface area contributed by atoms with Gasteiger partial charge in [-0.3, -0.25) is 0 Å². The van der Waals surface area contributed by atoms with Crippen LogP contribution in [0, 0.1) is 0 Å². The molecule has 0 aliphatic heterocycles. The number of aromatic hydroxyl groups is 1. The van der Waals surface area contributed by atoms with E-state index in [0.717, 1.165) is 12.8 Å². The van der Waals surface area contributed by atoms with Crippen molar-refractivity contribution in [3.8, 4) is 11.5 Å². The molecule has 5 nitrogen and oxygen atoms in total. The van der Waals surface area contributed by atoms with Gasteiger partial charge in [0.2, 0.25) is 0 Å². The van der Waals surface area contributed by atoms with E-state index in [4.69, 9.17) is 14.6 Å². The van der Waals surface area contributed by atoms with Crippen molar-refractivity contribution in [2.24, 2.45) is 0 Å². The summed E-state index contributed by atoms with van der Waals surface area (Å²) in [4.78, 5) is 11.1. The van der Waals surface area contributed by atoms with E-state index in [-0.39, 0.29) is 17.1 Å². The summed E-state index contributed by atoms with van der Waals surface area (Å²) in [5, 5.41) is 18.9. The van der Waals surface area contributed by atoms with Crippen LogP contribution < -0.4 is 4.74 Å². The average molecular weight is 268 g/mol. The molecule has 0 unspecified atom stereocenters. The molecule has 0 aliphatic carbocycles. The van der Waals surface area contributed by atoms with Gasteiger partial charge in [-0.25, -0.2) is 4.79 Å². The molecule has 0 bridgehead atoms. The lowest BCUT2D eigenvalue weighted by molar-refractivity contribution is 0.0692. The lowest BCUT2D eigenvalue weighted by atomic mass is 10.1. The van der Waals surface area contributed by atoms with Gasteiger partial charge in [0.25, 0.3) is 0 Å². The molecule has 0 saturated heterocycles. The van der Waals surface area contributed by atoms with Crippen molar-refractivity contribution in [3.63, 3.8) is 0 Å². The van der Waals surface area contributed by atoms with Crippen LogP contribution in [-0.4, -0.2) is 29.4 Å². The van der Waals surface area contributed by atoms with Crippen LogP contribution in [0.2, 0.25) is 0 Å². The summed E-state index contributed by atoms with van der Waals surface area (Å²) >= 11 is 0. The topological polar surface area (TPSA) is 76.0 Å². The van der Waals surface area contributed by atoms with Gasteiger partial charge in [-0.15, -0.1) is 0 Å². The summed E-state index contributed by atoms with van der Waals surface area (Å²) in [6.07, 6.45) is 1.67. The summed E-state index contributed by atoms with van der Waals surface area (Å²) in [5.74, 6) is -1.33. The van der Waals surface area contributed by atoms with Gasteiger partial charge in [-0.05, 0) is 30.5 Å². The molecule has 0 aromatic heterocycles. The Hall–Kier alpha value is -1.75. The molecule has 0 radical (unpaired) electrons. The molecule has 0 fully saturated rings. The minimum Gasteiger partial charge on any atom is -0.504 e. The van der Waals surface area contributed by atoms with E-state index in [1.165, 1.54) is 6.07 Å². The van der Waals surface area contributed by atoms with Crippen molar-refractivity contribution in [2.75, 3.05) is 13.2 Å². The Morgan fingerprint density at radius 2 is 1.89 bits per heavy atom. The second-order valence-corrected chi connectivity index (χ2v) is 4.20. The molecule has 5 heteroatoms. The van der Waals surface area contributed by atoms with Crippen molar-refractivity contribution in [1.82, 2.24) is 0 Å². The van der Waals surface area contributed by atoms with Crippen molar-refractivity contribution < 1.29 is 24.5 Å². The summed E-state index contributed by atoms with van der Waals surface area (Å²) < 4.78 is 10.7. The third kappa shape index (κ3) is 4.44. The Labute approximate surface area is 112 Å². The zero-order valence-electron chi connectivity index (χ0n) is 11.3. The molecule has 1 aromatic carbocycles. The van der Waals surface area contributed by atoms with Gasteiger partial charge >= 0.3 is 5.97 Å². The highest BCUT2D eigenvalue weighted by Gasteiger charge is 2.16. The highest BCUT2D eigenvalue weighted by atomic mass is 16.5. The van der Waals surface area contributed by atoms with Gasteiger partial charge in [-0.2, -0.15) is 0 Å². The summed E-state index contributed by atoms with van der Waals surface area (Å²) in [5.41, 5.74) is 0.512. The van der Waals surface area contributed by atoms with E-state index in [0.29, 0.717) is 25.4 Å². The first kappa shape index (κ1) is 15.3. The monoisotopic (exact) mass is 268 g/mol. The fraction of sp³-hybridized carbons (Fsp3) is 0.500. The zero-order valence-corrected chi connectivity index (χ0v) is 11.3. The average Bonchev–Trinajstić information content (AvgIpc) is 2.38. The first-order valence-electron chi connectivity index (χ1n) is 6.39. The van der Waals surface area contributed by atoms with Crippen LogP contribution in [0.4, 0.5) is 0 Å². The molecule has 0 saturated carbocycles. The molecule has 0 aliphatic rings. The summed E-state index contributed by atoms with van der Waals surface area (Å²) in [6.45, 7) is 5.26. The Kier molecular flexibility index (Phi) is 6.15. The van der Waals surface area contributed by atoms with E-state index in [1.54, 1.807) is 6.07 Å². The molecule has 0 atom stereocenters. The van der Waals surface area contributed by atoms with E-state index in [1.807, 2.05) is 13.8 Å².